The van der Waals surface area contributed by atoms with Gasteiger partial charge in [-0.25, -0.2) is 0 Å². The molecular formula is C24H42O18. The van der Waals surface area contributed by atoms with Crippen molar-refractivity contribution in [1.82, 2.24) is 0 Å². The van der Waals surface area contributed by atoms with E-state index in [0.29, 0.717) is 0 Å². The molecule has 0 bridgehead atoms. The van der Waals surface area contributed by atoms with Gasteiger partial charge in [0.1, 0.15) is 79.4 Å². The summed E-state index contributed by atoms with van der Waals surface area (Å²) in [5, 5.41) is 114. The van der Waals surface area contributed by atoms with E-state index in [-0.39, 0.29) is 0 Å². The average Bonchev–Trinajstić information content (AvgIpc) is 2.95. The Kier molecular flexibility index (Phi) is 11.2. The maximum absolute atomic E-state index is 11.1. The summed E-state index contributed by atoms with van der Waals surface area (Å²) in [6.07, 6.45) is -31.3. The Morgan fingerprint density at radius 2 is 0.881 bits per heavy atom. The molecule has 4 saturated heterocycles. The van der Waals surface area contributed by atoms with Gasteiger partial charge in [0.25, 0.3) is 0 Å². The number of rotatable bonds is 7. The van der Waals surface area contributed by atoms with Crippen molar-refractivity contribution in [2.75, 3.05) is 6.61 Å². The molecule has 0 saturated carbocycles. The lowest BCUT2D eigenvalue weighted by Gasteiger charge is -2.49. The summed E-state index contributed by atoms with van der Waals surface area (Å²) >= 11 is 0. The average molecular weight is 619 g/mol. The summed E-state index contributed by atoms with van der Waals surface area (Å²) in [6, 6.07) is 0. The molecule has 4 heterocycles. The summed E-state index contributed by atoms with van der Waals surface area (Å²) < 4.78 is 38.6. The second kappa shape index (κ2) is 13.7. The molecule has 0 amide bonds. The van der Waals surface area contributed by atoms with Gasteiger partial charge in [0.05, 0.1) is 24.9 Å². The van der Waals surface area contributed by atoms with E-state index in [2.05, 4.69) is 0 Å². The van der Waals surface area contributed by atoms with E-state index in [9.17, 15) is 56.2 Å². The first-order chi connectivity index (χ1) is 19.7. The fourth-order valence-corrected chi connectivity index (χ4v) is 5.35. The van der Waals surface area contributed by atoms with E-state index < -0.39 is 129 Å². The molecule has 0 aromatic carbocycles. The Morgan fingerprint density at radius 3 is 1.48 bits per heavy atom. The highest BCUT2D eigenvalue weighted by atomic mass is 16.8. The van der Waals surface area contributed by atoms with E-state index in [0.717, 1.165) is 0 Å². The third-order valence-corrected chi connectivity index (χ3v) is 8.09. The maximum Gasteiger partial charge on any atom is 0.187 e. The molecule has 4 aliphatic rings. The minimum Gasteiger partial charge on any atom is -0.394 e. The Bertz CT molecular complexity index is 869. The second-order valence-corrected chi connectivity index (χ2v) is 11.1. The predicted octanol–water partition coefficient (Wildman–Crippen LogP) is -6.67. The fraction of sp³-hybridized carbons (Fsp3) is 1.00. The molecule has 0 radical (unpaired) electrons. The van der Waals surface area contributed by atoms with Gasteiger partial charge < -0.3 is 89.3 Å². The molecule has 0 aromatic rings. The number of aliphatic hydroxyl groups is 11. The molecule has 0 aromatic heterocycles. The second-order valence-electron chi connectivity index (χ2n) is 11.1. The van der Waals surface area contributed by atoms with Gasteiger partial charge >= 0.3 is 0 Å². The SMILES string of the molecule is C[C@@H]1O[C@@H](O[C@@H]2[C@@H](O)[C@H](C)O[C@H](O[C@H]3[C@H](O[C@@H]4[C@@H](O)[C@H](O)O[C@H](CO)[C@@H]4O)O[C@@H](C)[C@H](O)[C@H]3O)[C@@H]2O)[C@H](O)[C@H](O)[C@H]1O. The van der Waals surface area contributed by atoms with Gasteiger partial charge in [-0.15, -0.1) is 0 Å². The van der Waals surface area contributed by atoms with Crippen molar-refractivity contribution >= 4 is 0 Å². The zero-order valence-electron chi connectivity index (χ0n) is 23.0. The van der Waals surface area contributed by atoms with Gasteiger partial charge in [-0.2, -0.15) is 0 Å². The molecule has 18 heteroatoms. The molecule has 4 rings (SSSR count). The zero-order chi connectivity index (χ0) is 31.2. The first-order valence-electron chi connectivity index (χ1n) is 13.7. The summed E-state index contributed by atoms with van der Waals surface area (Å²) in [5.41, 5.74) is 0. The van der Waals surface area contributed by atoms with Crippen LogP contribution < -0.4 is 0 Å². The highest BCUT2D eigenvalue weighted by molar-refractivity contribution is 4.96. The van der Waals surface area contributed by atoms with Gasteiger partial charge in [-0.1, -0.05) is 0 Å². The smallest absolute Gasteiger partial charge is 0.187 e. The predicted molar refractivity (Wildman–Crippen MR) is 130 cm³/mol. The molecule has 0 aliphatic carbocycles. The third kappa shape index (κ3) is 6.62. The fourth-order valence-electron chi connectivity index (χ4n) is 5.35. The van der Waals surface area contributed by atoms with Gasteiger partial charge in [0, 0.05) is 0 Å². The van der Waals surface area contributed by atoms with Crippen LogP contribution in [0.2, 0.25) is 0 Å². The molecule has 4 aliphatic heterocycles. The van der Waals surface area contributed by atoms with Crippen molar-refractivity contribution in [3.8, 4) is 0 Å². The number of ether oxygens (including phenoxy) is 7. The molecule has 20 atom stereocenters. The molecule has 18 nitrogen and oxygen atoms in total. The Morgan fingerprint density at radius 1 is 0.429 bits per heavy atom. The molecule has 42 heavy (non-hydrogen) atoms. The van der Waals surface area contributed by atoms with Crippen molar-refractivity contribution in [3.63, 3.8) is 0 Å². The standard InChI is InChI=1S/C24H42O18/c1-5-9(26)13(30)15(32)22(36-5)40-18-11(28)7(3)37-23(17(18)34)42-20-14(31)10(27)6(2)38-24(20)41-19-12(29)8(4-25)39-21(35)16(19)33/h5-35H,4H2,1-3H3/t5-,6-,7-,8+,9-,10-,11-,12-,13+,14+,15+,16+,17+,18+,19-,20+,21+,22-,23+,24-/m0/s1. The number of hydrogen-bond acceptors (Lipinski definition) is 18. The minimum absolute atomic E-state index is 0.744. The van der Waals surface area contributed by atoms with E-state index in [1.54, 1.807) is 0 Å². The number of aliphatic hydroxyl groups excluding tert-OH is 11. The first kappa shape index (κ1) is 34.2. The quantitative estimate of drug-likeness (QED) is 0.126. The summed E-state index contributed by atoms with van der Waals surface area (Å²) in [7, 11) is 0. The molecule has 0 unspecified atom stereocenters. The van der Waals surface area contributed by atoms with Crippen LogP contribution in [0.1, 0.15) is 20.8 Å². The lowest BCUT2D eigenvalue weighted by Crippen LogP contribution is -2.67. The van der Waals surface area contributed by atoms with Crippen LogP contribution in [0.25, 0.3) is 0 Å². The largest absolute Gasteiger partial charge is 0.394 e. The van der Waals surface area contributed by atoms with Crippen LogP contribution >= 0.6 is 0 Å². The van der Waals surface area contributed by atoms with Crippen LogP contribution in [0.15, 0.2) is 0 Å². The van der Waals surface area contributed by atoms with Crippen LogP contribution in [-0.2, 0) is 33.2 Å². The Balaban J connectivity index is 1.53. The topological polar surface area (TPSA) is 287 Å². The monoisotopic (exact) mass is 618 g/mol. The normalized spacial score (nSPS) is 55.9. The van der Waals surface area contributed by atoms with Crippen molar-refractivity contribution in [2.45, 2.75) is 144 Å². The van der Waals surface area contributed by atoms with E-state index in [1.807, 2.05) is 0 Å². The van der Waals surface area contributed by atoms with Gasteiger partial charge in [-0.3, -0.25) is 0 Å². The van der Waals surface area contributed by atoms with Crippen molar-refractivity contribution in [3.05, 3.63) is 0 Å². The molecule has 4 fully saturated rings. The van der Waals surface area contributed by atoms with Crippen molar-refractivity contribution in [1.29, 1.82) is 0 Å². The molecule has 11 N–H and O–H groups in total. The van der Waals surface area contributed by atoms with Crippen LogP contribution in [-0.4, -0.2) is 186 Å². The third-order valence-electron chi connectivity index (χ3n) is 8.09. The molecule has 0 spiro atoms. The zero-order valence-corrected chi connectivity index (χ0v) is 23.0. The summed E-state index contributed by atoms with van der Waals surface area (Å²) in [6.45, 7) is 3.45. The summed E-state index contributed by atoms with van der Waals surface area (Å²) in [4.78, 5) is 0. The van der Waals surface area contributed by atoms with E-state index in [1.165, 1.54) is 20.8 Å². The highest BCUT2D eigenvalue weighted by Crippen LogP contribution is 2.34. The lowest BCUT2D eigenvalue weighted by atomic mass is 9.96. The molecule has 246 valence electrons. The van der Waals surface area contributed by atoms with E-state index >= 15 is 0 Å². The van der Waals surface area contributed by atoms with Gasteiger partial charge in [0.15, 0.2) is 25.2 Å². The van der Waals surface area contributed by atoms with Crippen molar-refractivity contribution in [2.24, 2.45) is 0 Å². The van der Waals surface area contributed by atoms with Gasteiger partial charge in [-0.05, 0) is 20.8 Å². The maximum atomic E-state index is 11.1. The first-order valence-corrected chi connectivity index (χ1v) is 13.7. The number of hydrogen-bond donors (Lipinski definition) is 11. The minimum atomic E-state index is -1.87. The summed E-state index contributed by atoms with van der Waals surface area (Å²) in [5.74, 6) is 0. The van der Waals surface area contributed by atoms with Crippen LogP contribution in [0.5, 0.6) is 0 Å². The van der Waals surface area contributed by atoms with E-state index in [4.69, 9.17) is 33.2 Å². The highest BCUT2D eigenvalue weighted by Gasteiger charge is 2.54. The van der Waals surface area contributed by atoms with Crippen LogP contribution in [0.3, 0.4) is 0 Å². The van der Waals surface area contributed by atoms with Crippen LogP contribution in [0.4, 0.5) is 0 Å². The Labute approximate surface area is 240 Å². The van der Waals surface area contributed by atoms with Crippen molar-refractivity contribution < 1.29 is 89.3 Å². The lowest BCUT2D eigenvalue weighted by molar-refractivity contribution is -0.392. The Hall–Kier alpha value is -0.720. The van der Waals surface area contributed by atoms with Gasteiger partial charge in [0.2, 0.25) is 0 Å². The molecular weight excluding hydrogens is 576 g/mol. The van der Waals surface area contributed by atoms with Crippen LogP contribution in [0, 0.1) is 0 Å².